The van der Waals surface area contributed by atoms with Crippen molar-refractivity contribution in [2.75, 3.05) is 0 Å². The summed E-state index contributed by atoms with van der Waals surface area (Å²) in [5.41, 5.74) is -2.22. The Morgan fingerprint density at radius 2 is 1.41 bits per heavy atom. The van der Waals surface area contributed by atoms with E-state index in [1.54, 1.807) is 0 Å². The summed E-state index contributed by atoms with van der Waals surface area (Å²) in [5, 5.41) is 0. The third-order valence-corrected chi connectivity index (χ3v) is 8.25. The molecule has 0 saturated heterocycles. The first-order valence-electron chi connectivity index (χ1n) is 13.2. The average molecular weight is 530 g/mol. The molecule has 0 atom stereocenters. The molecule has 2 saturated carbocycles. The number of hydrogen-bond acceptors (Lipinski definition) is 1. The van der Waals surface area contributed by atoms with Gasteiger partial charge in [-0.15, -0.1) is 0 Å². The van der Waals surface area contributed by atoms with Crippen LogP contribution in [0.25, 0.3) is 0 Å². The second-order valence-corrected chi connectivity index (χ2v) is 10.6. The molecule has 2 fully saturated rings. The molecule has 0 N–H and O–H groups in total. The zero-order valence-electron chi connectivity index (χ0n) is 20.9. The fourth-order valence-corrected chi connectivity index (χ4v) is 6.26. The number of alkyl halides is 3. The van der Waals surface area contributed by atoms with Crippen molar-refractivity contribution in [2.24, 2.45) is 17.8 Å². The van der Waals surface area contributed by atoms with Crippen LogP contribution in [0.1, 0.15) is 94.6 Å². The molecule has 2 aromatic rings. The molecular formula is C29H32F7O. The number of unbranched alkanes of at least 4 members (excludes halogenated alkanes) is 1. The quantitative estimate of drug-likeness (QED) is 0.324. The molecule has 0 spiro atoms. The maximum atomic E-state index is 15.3. The van der Waals surface area contributed by atoms with E-state index < -0.39 is 46.5 Å². The smallest absolute Gasteiger partial charge is 0.422 e. The van der Waals surface area contributed by atoms with Gasteiger partial charge >= 0.3 is 6.18 Å². The van der Waals surface area contributed by atoms with Gasteiger partial charge in [-0.1, -0.05) is 39.0 Å². The summed E-state index contributed by atoms with van der Waals surface area (Å²) in [7, 11) is 0. The number of hydrogen-bond donors (Lipinski definition) is 0. The highest BCUT2D eigenvalue weighted by Gasteiger charge is 2.38. The summed E-state index contributed by atoms with van der Waals surface area (Å²) in [4.78, 5) is 0. The van der Waals surface area contributed by atoms with E-state index in [-0.39, 0.29) is 11.5 Å². The minimum absolute atomic E-state index is 0.164. The van der Waals surface area contributed by atoms with Gasteiger partial charge in [0.25, 0.3) is 0 Å². The van der Waals surface area contributed by atoms with Gasteiger partial charge in [0, 0.05) is 23.8 Å². The fraction of sp³-hybridized carbons (Fsp3) is 0.586. The van der Waals surface area contributed by atoms with Crippen LogP contribution in [-0.4, -0.2) is 0 Å². The minimum atomic E-state index is -5.24. The van der Waals surface area contributed by atoms with Crippen molar-refractivity contribution in [3.63, 3.8) is 0 Å². The molecule has 203 valence electrons. The van der Waals surface area contributed by atoms with Gasteiger partial charge in [0.15, 0.2) is 11.6 Å². The molecule has 2 aliphatic carbocycles. The number of halogens is 7. The highest BCUT2D eigenvalue weighted by atomic mass is 19.4. The summed E-state index contributed by atoms with van der Waals surface area (Å²) in [6, 6.07) is 3.80. The Kier molecular flexibility index (Phi) is 8.74. The molecule has 0 aliphatic heterocycles. The number of rotatable bonds is 7. The average Bonchev–Trinajstić information content (AvgIpc) is 2.84. The first-order valence-corrected chi connectivity index (χ1v) is 13.2. The third-order valence-electron chi connectivity index (χ3n) is 8.25. The lowest BCUT2D eigenvalue weighted by Crippen LogP contribution is -2.26. The van der Waals surface area contributed by atoms with Gasteiger partial charge in [-0.2, -0.15) is 13.2 Å². The van der Waals surface area contributed by atoms with E-state index in [1.807, 2.05) is 0 Å². The summed E-state index contributed by atoms with van der Waals surface area (Å²) >= 11 is 0. The first kappa shape index (κ1) is 27.8. The second-order valence-electron chi connectivity index (χ2n) is 10.6. The maximum Gasteiger partial charge on any atom is 0.422 e. The summed E-state index contributed by atoms with van der Waals surface area (Å²) < 4.78 is 101. The lowest BCUT2D eigenvalue weighted by molar-refractivity contribution is -0.142. The van der Waals surface area contributed by atoms with Gasteiger partial charge in [0.1, 0.15) is 28.8 Å². The largest absolute Gasteiger partial charge is 0.453 e. The zero-order valence-corrected chi connectivity index (χ0v) is 20.9. The molecule has 2 aliphatic rings. The van der Waals surface area contributed by atoms with E-state index in [1.165, 1.54) is 44.9 Å². The molecule has 0 bridgehead atoms. The van der Waals surface area contributed by atoms with Crippen molar-refractivity contribution in [1.29, 1.82) is 0 Å². The van der Waals surface area contributed by atoms with Crippen LogP contribution in [0.15, 0.2) is 18.2 Å². The predicted octanol–water partition coefficient (Wildman–Crippen LogP) is 10.1. The number of ether oxygens (including phenoxy) is 1. The van der Waals surface area contributed by atoms with Crippen molar-refractivity contribution in [3.8, 4) is 11.5 Å². The molecule has 1 nitrogen and oxygen atoms in total. The van der Waals surface area contributed by atoms with Crippen LogP contribution in [0.3, 0.4) is 0 Å². The Bertz CT molecular complexity index is 1040. The topological polar surface area (TPSA) is 9.23 Å². The molecule has 4 rings (SSSR count). The third kappa shape index (κ3) is 6.43. The van der Waals surface area contributed by atoms with E-state index in [0.717, 1.165) is 24.8 Å². The van der Waals surface area contributed by atoms with Crippen LogP contribution in [-0.2, 0) is 6.18 Å². The standard InChI is InChI=1S/C29H32F7O/c1-2-3-4-17-5-7-18(8-6-17)19-9-11-20(12-10-19)26-22(30)13-14-25(28(26)33)37-21-15-23(31)27(24(32)16-21)29(34,35)36/h13,15-20H,2-12H2,1H3/t17-,18-,19?,20?. The Balaban J connectivity index is 1.42. The van der Waals surface area contributed by atoms with E-state index in [9.17, 15) is 26.3 Å². The molecule has 2 aromatic carbocycles. The van der Waals surface area contributed by atoms with Crippen LogP contribution in [0.4, 0.5) is 30.7 Å². The van der Waals surface area contributed by atoms with Gasteiger partial charge in [0.05, 0.1) is 0 Å². The maximum absolute atomic E-state index is 15.3. The Labute approximate surface area is 213 Å². The van der Waals surface area contributed by atoms with E-state index in [2.05, 4.69) is 13.0 Å². The van der Waals surface area contributed by atoms with Gasteiger partial charge < -0.3 is 4.74 Å². The van der Waals surface area contributed by atoms with Crippen molar-refractivity contribution < 1.29 is 35.5 Å². The molecule has 0 unspecified atom stereocenters. The molecular weight excluding hydrogens is 497 g/mol. The van der Waals surface area contributed by atoms with Crippen molar-refractivity contribution in [3.05, 3.63) is 58.7 Å². The molecule has 0 heterocycles. The monoisotopic (exact) mass is 529 g/mol. The highest BCUT2D eigenvalue weighted by molar-refractivity contribution is 5.39. The van der Waals surface area contributed by atoms with E-state index in [4.69, 9.17) is 4.74 Å². The Morgan fingerprint density at radius 1 is 0.838 bits per heavy atom. The summed E-state index contributed by atoms with van der Waals surface area (Å²) in [6.07, 6.45) is 6.48. The first-order chi connectivity index (χ1) is 17.6. The van der Waals surface area contributed by atoms with Gasteiger partial charge in [-0.25, -0.2) is 17.6 Å². The van der Waals surface area contributed by atoms with Gasteiger partial charge in [0.2, 0.25) is 0 Å². The number of benzene rings is 2. The second kappa shape index (κ2) is 11.6. The van der Waals surface area contributed by atoms with Crippen molar-refractivity contribution in [2.45, 2.75) is 89.6 Å². The Hall–Kier alpha value is -2.25. The highest BCUT2D eigenvalue weighted by Crippen LogP contribution is 2.46. The zero-order chi connectivity index (χ0) is 26.7. The molecule has 8 heteroatoms. The van der Waals surface area contributed by atoms with Crippen molar-refractivity contribution >= 4 is 0 Å². The summed E-state index contributed by atoms with van der Waals surface area (Å²) in [6.45, 7) is 2.21. The van der Waals surface area contributed by atoms with E-state index >= 15 is 4.39 Å². The summed E-state index contributed by atoms with van der Waals surface area (Å²) in [5.74, 6) is -5.24. The van der Waals surface area contributed by atoms with Crippen LogP contribution >= 0.6 is 0 Å². The van der Waals surface area contributed by atoms with E-state index in [0.29, 0.717) is 36.8 Å². The van der Waals surface area contributed by atoms with Gasteiger partial charge in [-0.3, -0.25) is 0 Å². The SMILES string of the molecule is CCCC[C@H]1CC[C@H](C2CCC(c3c(F)c[c]c(Oc4cc(F)c(C(F)(F)F)c(F)c4)c3F)CC2)CC1. The lowest BCUT2D eigenvalue weighted by atomic mass is 9.68. The molecule has 0 aromatic heterocycles. The minimum Gasteiger partial charge on any atom is -0.453 e. The molecule has 0 amide bonds. The molecule has 1 radical (unpaired) electrons. The van der Waals surface area contributed by atoms with Crippen LogP contribution in [0, 0.1) is 47.1 Å². The lowest BCUT2D eigenvalue weighted by Gasteiger charge is -2.38. The van der Waals surface area contributed by atoms with Crippen molar-refractivity contribution in [1.82, 2.24) is 0 Å². The normalized spacial score (nSPS) is 24.8. The fourth-order valence-electron chi connectivity index (χ4n) is 6.26. The predicted molar refractivity (Wildman–Crippen MR) is 126 cm³/mol. The Morgan fingerprint density at radius 3 is 1.95 bits per heavy atom. The van der Waals surface area contributed by atoms with Crippen LogP contribution in [0.5, 0.6) is 11.5 Å². The molecule has 37 heavy (non-hydrogen) atoms. The van der Waals surface area contributed by atoms with Crippen LogP contribution in [0.2, 0.25) is 0 Å². The van der Waals surface area contributed by atoms with Gasteiger partial charge in [-0.05, 0) is 68.3 Å². The van der Waals surface area contributed by atoms with Crippen LogP contribution < -0.4 is 4.74 Å².